The van der Waals surface area contributed by atoms with Crippen molar-refractivity contribution in [1.29, 1.82) is 0 Å². The highest BCUT2D eigenvalue weighted by molar-refractivity contribution is 14.1. The molecule has 0 atom stereocenters. The molecule has 0 aromatic carbocycles. The number of halogens is 4. The molecule has 0 unspecified atom stereocenters. The molecule has 0 amide bonds. The third kappa shape index (κ3) is 2.88. The first-order valence-electron chi connectivity index (χ1n) is 4.28. The van der Waals surface area contributed by atoms with Crippen LogP contribution in [-0.2, 0) is 4.74 Å². The Morgan fingerprint density at radius 2 is 2.31 bits per heavy atom. The van der Waals surface area contributed by atoms with E-state index in [1.165, 1.54) is 6.20 Å². The van der Waals surface area contributed by atoms with Crippen molar-refractivity contribution < 1.29 is 18.3 Å². The normalized spacial score (nSPS) is 10.6. The van der Waals surface area contributed by atoms with E-state index in [4.69, 9.17) is 4.74 Å². The fourth-order valence-corrected chi connectivity index (χ4v) is 2.75. The summed E-state index contributed by atoms with van der Waals surface area (Å²) in [5.41, 5.74) is -0.320. The second kappa shape index (κ2) is 5.85. The summed E-state index contributed by atoms with van der Waals surface area (Å²) in [4.78, 5) is 15.2. The topological polar surface area (TPSA) is 39.2 Å². The zero-order valence-corrected chi connectivity index (χ0v) is 11.9. The van der Waals surface area contributed by atoms with Crippen LogP contribution < -0.4 is 0 Å². The number of esters is 1. The van der Waals surface area contributed by atoms with E-state index in [9.17, 15) is 13.6 Å². The van der Waals surface area contributed by atoms with Crippen LogP contribution in [0.3, 0.4) is 0 Å². The molecule has 0 saturated heterocycles. The van der Waals surface area contributed by atoms with E-state index < -0.39 is 12.4 Å². The highest BCUT2D eigenvalue weighted by Crippen LogP contribution is 2.32. The lowest BCUT2D eigenvalue weighted by Crippen LogP contribution is -2.11. The number of carbonyl (C=O) groups excluding carboxylic acids is 1. The number of hydrogen-bond donors (Lipinski definition) is 0. The molecule has 3 nitrogen and oxygen atoms in total. The van der Waals surface area contributed by atoms with E-state index in [0.29, 0.717) is 0 Å². The Balaban J connectivity index is 3.23. The third-order valence-electron chi connectivity index (χ3n) is 1.70. The molecule has 1 rings (SSSR count). The molecule has 0 fully saturated rings. The molecular formula is C9H7BrF2INO2. The van der Waals surface area contributed by atoms with Crippen molar-refractivity contribution in [2.75, 3.05) is 6.61 Å². The molecule has 0 bridgehead atoms. The first kappa shape index (κ1) is 13.8. The maximum absolute atomic E-state index is 12.7. The number of aromatic nitrogens is 1. The van der Waals surface area contributed by atoms with Crippen molar-refractivity contribution in [3.63, 3.8) is 0 Å². The summed E-state index contributed by atoms with van der Waals surface area (Å²) in [5, 5.41) is 0. The van der Waals surface area contributed by atoms with Gasteiger partial charge in [0.05, 0.1) is 10.2 Å². The van der Waals surface area contributed by atoms with Gasteiger partial charge in [-0.3, -0.25) is 0 Å². The largest absolute Gasteiger partial charge is 0.461 e. The average molecular weight is 406 g/mol. The molecule has 0 aliphatic carbocycles. The number of hydrogen-bond acceptors (Lipinski definition) is 3. The summed E-state index contributed by atoms with van der Waals surface area (Å²) in [7, 11) is 0. The molecular weight excluding hydrogens is 399 g/mol. The van der Waals surface area contributed by atoms with Crippen molar-refractivity contribution in [3.05, 3.63) is 25.5 Å². The van der Waals surface area contributed by atoms with Gasteiger partial charge in [0.1, 0.15) is 0 Å². The minimum atomic E-state index is -2.67. The van der Waals surface area contributed by atoms with Crippen molar-refractivity contribution in [2.24, 2.45) is 0 Å². The van der Waals surface area contributed by atoms with E-state index in [1.54, 1.807) is 29.5 Å². The molecule has 0 spiro atoms. The molecule has 88 valence electrons. The molecule has 0 N–H and O–H groups in total. The summed E-state index contributed by atoms with van der Waals surface area (Å²) in [6, 6.07) is 0. The Morgan fingerprint density at radius 1 is 1.69 bits per heavy atom. The predicted octanol–water partition coefficient (Wildman–Crippen LogP) is 3.56. The summed E-state index contributed by atoms with van der Waals surface area (Å²) >= 11 is 4.63. The van der Waals surface area contributed by atoms with Crippen molar-refractivity contribution in [2.45, 2.75) is 13.3 Å². The Labute approximate surface area is 113 Å². The molecule has 1 heterocycles. The second-order valence-electron chi connectivity index (χ2n) is 2.70. The number of alkyl halides is 2. The Morgan fingerprint density at radius 3 is 2.81 bits per heavy atom. The standard InChI is InChI=1S/C9H7BrF2INO2/c1-2-16-9(15)7-6(13)5(8(11)12)4(10)3-14-7/h3,8H,2H2,1H3. The van der Waals surface area contributed by atoms with Gasteiger partial charge in [-0.2, -0.15) is 0 Å². The van der Waals surface area contributed by atoms with Crippen LogP contribution in [0.1, 0.15) is 29.4 Å². The summed E-state index contributed by atoms with van der Waals surface area (Å²) in [6.45, 7) is 1.81. The van der Waals surface area contributed by atoms with Gasteiger partial charge in [0.2, 0.25) is 0 Å². The average Bonchev–Trinajstić information content (AvgIpc) is 2.17. The maximum Gasteiger partial charge on any atom is 0.358 e. The van der Waals surface area contributed by atoms with Crippen LogP contribution in [0.5, 0.6) is 0 Å². The van der Waals surface area contributed by atoms with Gasteiger partial charge in [0.15, 0.2) is 5.69 Å². The van der Waals surface area contributed by atoms with Crippen LogP contribution in [-0.4, -0.2) is 17.6 Å². The SMILES string of the molecule is CCOC(=O)c1ncc(Br)c(C(F)F)c1I. The Hall–Kier alpha value is -0.310. The van der Waals surface area contributed by atoms with Crippen LogP contribution in [0.15, 0.2) is 10.7 Å². The van der Waals surface area contributed by atoms with E-state index in [0.717, 1.165) is 0 Å². The quantitative estimate of drug-likeness (QED) is 0.570. The van der Waals surface area contributed by atoms with Gasteiger partial charge < -0.3 is 4.74 Å². The van der Waals surface area contributed by atoms with Crippen molar-refractivity contribution >= 4 is 44.5 Å². The summed E-state index contributed by atoms with van der Waals surface area (Å²) < 4.78 is 30.4. The van der Waals surface area contributed by atoms with Crippen LogP contribution >= 0.6 is 38.5 Å². The van der Waals surface area contributed by atoms with E-state index in [1.807, 2.05) is 0 Å². The van der Waals surface area contributed by atoms with Gasteiger partial charge in [-0.05, 0) is 45.4 Å². The van der Waals surface area contributed by atoms with Crippen molar-refractivity contribution in [1.82, 2.24) is 4.98 Å². The van der Waals surface area contributed by atoms with Gasteiger partial charge in [-0.1, -0.05) is 0 Å². The highest BCUT2D eigenvalue weighted by atomic mass is 127. The molecule has 0 radical (unpaired) electrons. The van der Waals surface area contributed by atoms with E-state index >= 15 is 0 Å². The minimum absolute atomic E-state index is 0.0825. The van der Waals surface area contributed by atoms with Gasteiger partial charge in [0, 0.05) is 16.2 Å². The van der Waals surface area contributed by atoms with E-state index in [2.05, 4.69) is 20.9 Å². The smallest absolute Gasteiger partial charge is 0.358 e. The predicted molar refractivity (Wildman–Crippen MR) is 65.6 cm³/mol. The monoisotopic (exact) mass is 405 g/mol. The second-order valence-corrected chi connectivity index (χ2v) is 4.64. The lowest BCUT2D eigenvalue weighted by Gasteiger charge is -2.09. The Kier molecular flexibility index (Phi) is 5.03. The first-order valence-corrected chi connectivity index (χ1v) is 6.15. The lowest BCUT2D eigenvalue weighted by atomic mass is 10.2. The van der Waals surface area contributed by atoms with E-state index in [-0.39, 0.29) is 25.9 Å². The molecule has 1 aromatic heterocycles. The fraction of sp³-hybridized carbons (Fsp3) is 0.333. The number of rotatable bonds is 3. The number of ether oxygens (including phenoxy) is 1. The maximum atomic E-state index is 12.7. The van der Waals surface area contributed by atoms with Crippen LogP contribution in [0.2, 0.25) is 0 Å². The zero-order valence-electron chi connectivity index (χ0n) is 8.14. The number of nitrogens with zero attached hydrogens (tertiary/aromatic N) is 1. The molecule has 16 heavy (non-hydrogen) atoms. The summed E-state index contributed by atoms with van der Waals surface area (Å²) in [5.74, 6) is -0.693. The zero-order chi connectivity index (χ0) is 12.3. The van der Waals surface area contributed by atoms with Crippen LogP contribution in [0, 0.1) is 3.57 Å². The summed E-state index contributed by atoms with van der Waals surface area (Å²) in [6.07, 6.45) is -1.49. The molecule has 0 saturated carbocycles. The molecule has 1 aromatic rings. The van der Waals surface area contributed by atoms with Crippen LogP contribution in [0.25, 0.3) is 0 Å². The highest BCUT2D eigenvalue weighted by Gasteiger charge is 2.23. The first-order chi connectivity index (χ1) is 7.49. The van der Waals surface area contributed by atoms with Gasteiger partial charge >= 0.3 is 5.97 Å². The van der Waals surface area contributed by atoms with Gasteiger partial charge in [-0.25, -0.2) is 18.6 Å². The third-order valence-corrected chi connectivity index (χ3v) is 3.42. The molecule has 7 heteroatoms. The minimum Gasteiger partial charge on any atom is -0.461 e. The van der Waals surface area contributed by atoms with Gasteiger partial charge in [0.25, 0.3) is 6.43 Å². The fourth-order valence-electron chi connectivity index (χ4n) is 1.02. The lowest BCUT2D eigenvalue weighted by molar-refractivity contribution is 0.0517. The van der Waals surface area contributed by atoms with Crippen molar-refractivity contribution in [3.8, 4) is 0 Å². The number of carbonyl (C=O) groups is 1. The number of pyridine rings is 1. The Bertz CT molecular complexity index is 415. The van der Waals surface area contributed by atoms with Crippen LogP contribution in [0.4, 0.5) is 8.78 Å². The van der Waals surface area contributed by atoms with Gasteiger partial charge in [-0.15, -0.1) is 0 Å². The molecule has 0 aliphatic heterocycles. The molecule has 0 aliphatic rings.